The Labute approximate surface area is 148 Å². The van der Waals surface area contributed by atoms with Crippen LogP contribution in [0.2, 0.25) is 0 Å². The first-order valence-electron chi connectivity index (χ1n) is 8.27. The zero-order valence-electron chi connectivity index (χ0n) is 14.7. The van der Waals surface area contributed by atoms with Gasteiger partial charge in [-0.25, -0.2) is 9.50 Å². The van der Waals surface area contributed by atoms with Crippen LogP contribution in [0.15, 0.2) is 6.07 Å². The lowest BCUT2D eigenvalue weighted by Crippen LogP contribution is -2.42. The van der Waals surface area contributed by atoms with Crippen molar-refractivity contribution in [3.05, 3.63) is 28.7 Å². The maximum Gasteiger partial charge on any atom is 0.259 e. The first kappa shape index (κ1) is 18.7. The SMILES string of the molecule is Cc1cc(C)n2nc(C)c(C(=O)N3CCC(C(C)N)CC3)c2n1.Cl. The Bertz CT molecular complexity index is 747. The van der Waals surface area contributed by atoms with Crippen LogP contribution in [0.4, 0.5) is 0 Å². The van der Waals surface area contributed by atoms with Gasteiger partial charge in [0.1, 0.15) is 5.56 Å². The van der Waals surface area contributed by atoms with Crippen molar-refractivity contribution in [1.29, 1.82) is 0 Å². The number of carbonyl (C=O) groups is 1. The Morgan fingerprint density at radius 1 is 1.29 bits per heavy atom. The number of piperidine rings is 1. The Kier molecular flexibility index (Phi) is 5.50. The largest absolute Gasteiger partial charge is 0.338 e. The second-order valence-electron chi connectivity index (χ2n) is 6.72. The molecule has 0 bridgehead atoms. The number of aryl methyl sites for hydroxylation is 3. The monoisotopic (exact) mass is 351 g/mol. The van der Waals surface area contributed by atoms with E-state index < -0.39 is 0 Å². The van der Waals surface area contributed by atoms with Gasteiger partial charge in [-0.2, -0.15) is 5.10 Å². The Morgan fingerprint density at radius 3 is 2.50 bits per heavy atom. The van der Waals surface area contributed by atoms with E-state index in [2.05, 4.69) is 10.1 Å². The van der Waals surface area contributed by atoms with Crippen LogP contribution < -0.4 is 5.73 Å². The number of rotatable bonds is 2. The summed E-state index contributed by atoms with van der Waals surface area (Å²) in [6, 6.07) is 2.17. The van der Waals surface area contributed by atoms with Crippen molar-refractivity contribution < 1.29 is 4.79 Å². The molecule has 1 saturated heterocycles. The second-order valence-corrected chi connectivity index (χ2v) is 6.72. The molecule has 0 spiro atoms. The molecule has 0 aliphatic carbocycles. The average molecular weight is 352 g/mol. The molecule has 7 heteroatoms. The number of aromatic nitrogens is 3. The van der Waals surface area contributed by atoms with Crippen LogP contribution in [0.25, 0.3) is 5.65 Å². The topological polar surface area (TPSA) is 76.5 Å². The highest BCUT2D eigenvalue weighted by Gasteiger charge is 2.29. The Balaban J connectivity index is 0.00000208. The van der Waals surface area contributed by atoms with Crippen LogP contribution >= 0.6 is 12.4 Å². The number of hydrogen-bond donors (Lipinski definition) is 1. The normalized spacial score (nSPS) is 17.0. The lowest BCUT2D eigenvalue weighted by Gasteiger charge is -2.33. The first-order valence-corrected chi connectivity index (χ1v) is 8.27. The van der Waals surface area contributed by atoms with Crippen molar-refractivity contribution in [1.82, 2.24) is 19.5 Å². The molecular formula is C17H26ClN5O. The molecule has 6 nitrogen and oxygen atoms in total. The molecule has 3 rings (SSSR count). The zero-order chi connectivity index (χ0) is 16.7. The van der Waals surface area contributed by atoms with Crippen molar-refractivity contribution in [2.24, 2.45) is 11.7 Å². The quantitative estimate of drug-likeness (QED) is 0.900. The third kappa shape index (κ3) is 3.26. The van der Waals surface area contributed by atoms with Gasteiger partial charge < -0.3 is 10.6 Å². The summed E-state index contributed by atoms with van der Waals surface area (Å²) in [6.45, 7) is 9.37. The highest BCUT2D eigenvalue weighted by Crippen LogP contribution is 2.24. The summed E-state index contributed by atoms with van der Waals surface area (Å²) in [7, 11) is 0. The average Bonchev–Trinajstić information content (AvgIpc) is 2.83. The summed E-state index contributed by atoms with van der Waals surface area (Å²) >= 11 is 0. The number of nitrogens with zero attached hydrogens (tertiary/aromatic N) is 4. The van der Waals surface area contributed by atoms with Gasteiger partial charge in [0.15, 0.2) is 5.65 Å². The molecule has 1 unspecified atom stereocenters. The molecule has 0 aromatic carbocycles. The van der Waals surface area contributed by atoms with E-state index in [-0.39, 0.29) is 24.4 Å². The van der Waals surface area contributed by atoms with Crippen molar-refractivity contribution in [2.45, 2.75) is 46.6 Å². The molecule has 1 fully saturated rings. The molecule has 132 valence electrons. The van der Waals surface area contributed by atoms with E-state index in [0.29, 0.717) is 17.1 Å². The molecule has 1 atom stereocenters. The molecule has 24 heavy (non-hydrogen) atoms. The Hall–Kier alpha value is -1.66. The van der Waals surface area contributed by atoms with Crippen LogP contribution in [0, 0.1) is 26.7 Å². The molecule has 1 aliphatic heterocycles. The third-order valence-corrected chi connectivity index (χ3v) is 4.85. The fourth-order valence-corrected chi connectivity index (χ4v) is 3.46. The number of halogens is 1. The first-order chi connectivity index (χ1) is 10.9. The van der Waals surface area contributed by atoms with Crippen molar-refractivity contribution in [3.8, 4) is 0 Å². The highest BCUT2D eigenvalue weighted by atomic mass is 35.5. The summed E-state index contributed by atoms with van der Waals surface area (Å²) in [5.74, 6) is 0.546. The van der Waals surface area contributed by atoms with Gasteiger partial charge in [0.05, 0.1) is 5.69 Å². The van der Waals surface area contributed by atoms with Gasteiger partial charge >= 0.3 is 0 Å². The van der Waals surface area contributed by atoms with Gasteiger partial charge in [-0.3, -0.25) is 4.79 Å². The van der Waals surface area contributed by atoms with Crippen molar-refractivity contribution in [3.63, 3.8) is 0 Å². The van der Waals surface area contributed by atoms with Gasteiger partial charge in [-0.1, -0.05) is 0 Å². The third-order valence-electron chi connectivity index (χ3n) is 4.85. The van der Waals surface area contributed by atoms with E-state index in [1.807, 2.05) is 38.7 Å². The van der Waals surface area contributed by atoms with E-state index in [4.69, 9.17) is 5.73 Å². The predicted octanol–water partition coefficient (Wildman–Crippen LogP) is 2.28. The summed E-state index contributed by atoms with van der Waals surface area (Å²) in [5.41, 5.74) is 9.92. The summed E-state index contributed by atoms with van der Waals surface area (Å²) in [4.78, 5) is 19.5. The van der Waals surface area contributed by atoms with Crippen molar-refractivity contribution >= 4 is 24.0 Å². The van der Waals surface area contributed by atoms with Gasteiger partial charge in [0.25, 0.3) is 5.91 Å². The lowest BCUT2D eigenvalue weighted by molar-refractivity contribution is 0.0682. The maximum atomic E-state index is 13.0. The van der Waals surface area contributed by atoms with E-state index in [1.165, 1.54) is 0 Å². The summed E-state index contributed by atoms with van der Waals surface area (Å²) in [6.07, 6.45) is 1.93. The molecule has 0 radical (unpaired) electrons. The number of fused-ring (bicyclic) bond motifs is 1. The van der Waals surface area contributed by atoms with Gasteiger partial charge in [0, 0.05) is 30.5 Å². The van der Waals surface area contributed by atoms with Crippen LogP contribution in [0.5, 0.6) is 0 Å². The highest BCUT2D eigenvalue weighted by molar-refractivity contribution is 6.01. The minimum atomic E-state index is 0. The maximum absolute atomic E-state index is 13.0. The molecule has 2 aromatic heterocycles. The number of nitrogens with two attached hydrogens (primary N) is 1. The van der Waals surface area contributed by atoms with Gasteiger partial charge in [-0.15, -0.1) is 12.4 Å². The minimum Gasteiger partial charge on any atom is -0.338 e. The zero-order valence-corrected chi connectivity index (χ0v) is 15.6. The van der Waals surface area contributed by atoms with Gasteiger partial charge in [-0.05, 0) is 52.5 Å². The van der Waals surface area contributed by atoms with E-state index in [9.17, 15) is 4.79 Å². The molecule has 0 saturated carbocycles. The standard InChI is InChI=1S/C17H25N5O.ClH/c1-10-9-11(2)22-16(19-10)15(13(4)20-22)17(23)21-7-5-14(6-8-21)12(3)18;/h9,12,14H,5-8,18H2,1-4H3;1H. The van der Waals surface area contributed by atoms with Crippen LogP contribution in [-0.4, -0.2) is 44.5 Å². The Morgan fingerprint density at radius 2 is 1.92 bits per heavy atom. The minimum absolute atomic E-state index is 0. The number of likely N-dealkylation sites (tertiary alicyclic amines) is 1. The molecule has 2 N–H and O–H groups in total. The van der Waals surface area contributed by atoms with Crippen molar-refractivity contribution in [2.75, 3.05) is 13.1 Å². The van der Waals surface area contributed by atoms with E-state index in [1.54, 1.807) is 4.52 Å². The van der Waals surface area contributed by atoms with E-state index >= 15 is 0 Å². The fraction of sp³-hybridized carbons (Fsp3) is 0.588. The predicted molar refractivity (Wildman–Crippen MR) is 96.7 cm³/mol. The van der Waals surface area contributed by atoms with Crippen LogP contribution in [-0.2, 0) is 0 Å². The smallest absolute Gasteiger partial charge is 0.259 e. The summed E-state index contributed by atoms with van der Waals surface area (Å²) in [5, 5.41) is 4.50. The van der Waals surface area contributed by atoms with E-state index in [0.717, 1.165) is 43.0 Å². The van der Waals surface area contributed by atoms with Crippen LogP contribution in [0.1, 0.15) is 47.2 Å². The summed E-state index contributed by atoms with van der Waals surface area (Å²) < 4.78 is 1.77. The van der Waals surface area contributed by atoms with Crippen LogP contribution in [0.3, 0.4) is 0 Å². The molecular weight excluding hydrogens is 326 g/mol. The molecule has 3 heterocycles. The second kappa shape index (κ2) is 7.07. The molecule has 1 aliphatic rings. The van der Waals surface area contributed by atoms with Gasteiger partial charge in [0.2, 0.25) is 0 Å². The molecule has 1 amide bonds. The number of hydrogen-bond acceptors (Lipinski definition) is 4. The fourth-order valence-electron chi connectivity index (χ4n) is 3.46. The number of amides is 1. The lowest BCUT2D eigenvalue weighted by atomic mass is 9.90. The number of carbonyl (C=O) groups excluding carboxylic acids is 1. The molecule has 2 aromatic rings.